The van der Waals surface area contributed by atoms with E-state index in [1.807, 2.05) is 50.2 Å². The number of aliphatic hydroxyl groups excluding tert-OH is 1. The average Bonchev–Trinajstić information content (AvgIpc) is 2.69. The highest BCUT2D eigenvalue weighted by Gasteiger charge is 2.15. The Morgan fingerprint density at radius 2 is 1.75 bits per heavy atom. The SMILES string of the molecule is CC(C)[C@H](CO)Nc1nc(Nc2cc(Cl)ccc2Cl)cc(-c2ccccc2)n1. The molecule has 0 fully saturated rings. The van der Waals surface area contributed by atoms with Crippen molar-refractivity contribution in [3.8, 4) is 11.3 Å². The van der Waals surface area contributed by atoms with Crippen molar-refractivity contribution in [1.29, 1.82) is 0 Å². The van der Waals surface area contributed by atoms with Gasteiger partial charge in [-0.15, -0.1) is 0 Å². The summed E-state index contributed by atoms with van der Waals surface area (Å²) in [6, 6.07) is 16.7. The van der Waals surface area contributed by atoms with Crippen LogP contribution in [0.2, 0.25) is 10.0 Å². The van der Waals surface area contributed by atoms with Crippen LogP contribution in [0.25, 0.3) is 11.3 Å². The van der Waals surface area contributed by atoms with E-state index in [-0.39, 0.29) is 18.6 Å². The fourth-order valence-electron chi connectivity index (χ4n) is 2.65. The van der Waals surface area contributed by atoms with Crippen LogP contribution < -0.4 is 10.6 Å². The number of nitrogens with one attached hydrogen (secondary N) is 2. The maximum absolute atomic E-state index is 9.65. The molecule has 0 bridgehead atoms. The second kappa shape index (κ2) is 9.24. The number of hydrogen-bond acceptors (Lipinski definition) is 5. The van der Waals surface area contributed by atoms with Crippen LogP contribution in [0.4, 0.5) is 17.5 Å². The summed E-state index contributed by atoms with van der Waals surface area (Å²) in [6.07, 6.45) is 0. The van der Waals surface area contributed by atoms with E-state index in [9.17, 15) is 5.11 Å². The van der Waals surface area contributed by atoms with Crippen molar-refractivity contribution in [1.82, 2.24) is 9.97 Å². The monoisotopic (exact) mass is 416 g/mol. The number of hydrogen-bond donors (Lipinski definition) is 3. The second-order valence-electron chi connectivity index (χ2n) is 6.75. The topological polar surface area (TPSA) is 70.1 Å². The van der Waals surface area contributed by atoms with E-state index in [4.69, 9.17) is 23.2 Å². The van der Waals surface area contributed by atoms with Crippen LogP contribution in [0.3, 0.4) is 0 Å². The van der Waals surface area contributed by atoms with Gasteiger partial charge in [0.1, 0.15) is 5.82 Å². The Morgan fingerprint density at radius 3 is 2.43 bits per heavy atom. The lowest BCUT2D eigenvalue weighted by Crippen LogP contribution is -2.30. The molecule has 1 atom stereocenters. The number of benzene rings is 2. The minimum atomic E-state index is -0.159. The average molecular weight is 417 g/mol. The zero-order chi connectivity index (χ0) is 20.1. The maximum atomic E-state index is 9.65. The smallest absolute Gasteiger partial charge is 0.225 e. The summed E-state index contributed by atoms with van der Waals surface area (Å²) < 4.78 is 0. The Labute approximate surface area is 174 Å². The summed E-state index contributed by atoms with van der Waals surface area (Å²) in [7, 11) is 0. The molecule has 1 aromatic heterocycles. The molecule has 0 saturated heterocycles. The van der Waals surface area contributed by atoms with Gasteiger partial charge in [-0.25, -0.2) is 4.98 Å². The van der Waals surface area contributed by atoms with Gasteiger partial charge in [-0.2, -0.15) is 4.98 Å². The van der Waals surface area contributed by atoms with E-state index in [0.717, 1.165) is 11.3 Å². The summed E-state index contributed by atoms with van der Waals surface area (Å²) >= 11 is 12.4. The van der Waals surface area contributed by atoms with Crippen molar-refractivity contribution in [2.24, 2.45) is 5.92 Å². The molecule has 2 aromatic carbocycles. The molecule has 28 heavy (non-hydrogen) atoms. The summed E-state index contributed by atoms with van der Waals surface area (Å²) in [5, 5.41) is 17.2. The molecule has 3 rings (SSSR count). The van der Waals surface area contributed by atoms with Crippen molar-refractivity contribution in [2.75, 3.05) is 17.2 Å². The van der Waals surface area contributed by atoms with Crippen molar-refractivity contribution in [3.05, 3.63) is 64.6 Å². The Kier molecular flexibility index (Phi) is 6.73. The Bertz CT molecular complexity index is 935. The zero-order valence-corrected chi connectivity index (χ0v) is 17.2. The molecule has 3 aromatic rings. The van der Waals surface area contributed by atoms with Crippen LogP contribution in [0.5, 0.6) is 0 Å². The molecule has 0 spiro atoms. The van der Waals surface area contributed by atoms with Crippen molar-refractivity contribution in [2.45, 2.75) is 19.9 Å². The molecule has 0 aliphatic carbocycles. The number of rotatable bonds is 7. The molecule has 7 heteroatoms. The first-order valence-electron chi connectivity index (χ1n) is 9.00. The summed E-state index contributed by atoms with van der Waals surface area (Å²) in [6.45, 7) is 4.04. The van der Waals surface area contributed by atoms with Crippen LogP contribution in [-0.2, 0) is 0 Å². The number of anilines is 3. The molecule has 0 radical (unpaired) electrons. The third-order valence-electron chi connectivity index (χ3n) is 4.30. The molecular formula is C21H22Cl2N4O. The van der Waals surface area contributed by atoms with Gasteiger partial charge in [0.25, 0.3) is 0 Å². The first-order valence-corrected chi connectivity index (χ1v) is 9.76. The number of nitrogens with zero attached hydrogens (tertiary/aromatic N) is 2. The van der Waals surface area contributed by atoms with E-state index >= 15 is 0 Å². The van der Waals surface area contributed by atoms with E-state index in [1.165, 1.54) is 0 Å². The number of aliphatic hydroxyl groups is 1. The van der Waals surface area contributed by atoms with Gasteiger partial charge in [0, 0.05) is 16.7 Å². The van der Waals surface area contributed by atoms with Gasteiger partial charge in [0.05, 0.1) is 29.1 Å². The van der Waals surface area contributed by atoms with Crippen LogP contribution in [-0.4, -0.2) is 27.7 Å². The Hall–Kier alpha value is -2.34. The van der Waals surface area contributed by atoms with Gasteiger partial charge in [-0.1, -0.05) is 67.4 Å². The van der Waals surface area contributed by atoms with E-state index in [2.05, 4.69) is 20.6 Å². The van der Waals surface area contributed by atoms with Crippen LogP contribution in [0.15, 0.2) is 54.6 Å². The van der Waals surface area contributed by atoms with Crippen LogP contribution >= 0.6 is 23.2 Å². The summed E-state index contributed by atoms with van der Waals surface area (Å²) in [4.78, 5) is 9.17. The summed E-state index contributed by atoms with van der Waals surface area (Å²) in [5.74, 6) is 1.21. The highest BCUT2D eigenvalue weighted by atomic mass is 35.5. The lowest BCUT2D eigenvalue weighted by Gasteiger charge is -2.21. The molecule has 5 nitrogen and oxygen atoms in total. The van der Waals surface area contributed by atoms with Gasteiger partial charge >= 0.3 is 0 Å². The number of halogens is 2. The molecule has 0 saturated carbocycles. The third kappa shape index (κ3) is 5.13. The van der Waals surface area contributed by atoms with Gasteiger partial charge in [-0.05, 0) is 24.1 Å². The first kappa shape index (κ1) is 20.4. The summed E-state index contributed by atoms with van der Waals surface area (Å²) in [5.41, 5.74) is 2.36. The quantitative estimate of drug-likeness (QED) is 0.465. The van der Waals surface area contributed by atoms with Crippen molar-refractivity contribution < 1.29 is 5.11 Å². The molecule has 0 aliphatic heterocycles. The normalized spacial score (nSPS) is 12.1. The molecule has 0 amide bonds. The van der Waals surface area contributed by atoms with Crippen molar-refractivity contribution in [3.63, 3.8) is 0 Å². The van der Waals surface area contributed by atoms with Crippen LogP contribution in [0, 0.1) is 5.92 Å². The first-order chi connectivity index (χ1) is 13.5. The molecule has 0 unspecified atom stereocenters. The van der Waals surface area contributed by atoms with Crippen molar-refractivity contribution >= 4 is 40.7 Å². The highest BCUT2D eigenvalue weighted by molar-refractivity contribution is 6.35. The van der Waals surface area contributed by atoms with Gasteiger partial charge in [0.2, 0.25) is 5.95 Å². The molecule has 146 valence electrons. The van der Waals surface area contributed by atoms with E-state index in [0.29, 0.717) is 27.5 Å². The highest BCUT2D eigenvalue weighted by Crippen LogP contribution is 2.30. The lowest BCUT2D eigenvalue weighted by molar-refractivity contribution is 0.248. The molecule has 3 N–H and O–H groups in total. The lowest BCUT2D eigenvalue weighted by atomic mass is 10.1. The van der Waals surface area contributed by atoms with Gasteiger partial charge in [-0.3, -0.25) is 0 Å². The third-order valence-corrected chi connectivity index (χ3v) is 4.87. The largest absolute Gasteiger partial charge is 0.394 e. The molecule has 1 heterocycles. The molecular weight excluding hydrogens is 395 g/mol. The van der Waals surface area contributed by atoms with E-state index in [1.54, 1.807) is 18.2 Å². The predicted molar refractivity (Wildman–Crippen MR) is 117 cm³/mol. The van der Waals surface area contributed by atoms with Crippen LogP contribution in [0.1, 0.15) is 13.8 Å². The van der Waals surface area contributed by atoms with Gasteiger partial charge < -0.3 is 15.7 Å². The zero-order valence-electron chi connectivity index (χ0n) is 15.7. The Balaban J connectivity index is 2.00. The van der Waals surface area contributed by atoms with E-state index < -0.39 is 0 Å². The van der Waals surface area contributed by atoms with Gasteiger partial charge in [0.15, 0.2) is 0 Å². The maximum Gasteiger partial charge on any atom is 0.225 e. The minimum Gasteiger partial charge on any atom is -0.394 e. The molecule has 0 aliphatic rings. The Morgan fingerprint density at radius 1 is 1.00 bits per heavy atom. The minimum absolute atomic E-state index is 0.0144. The second-order valence-corrected chi connectivity index (χ2v) is 7.60. The standard InChI is InChI=1S/C21H22Cl2N4O/c1-13(2)19(12-28)26-21-25-17(14-6-4-3-5-7-14)11-20(27-21)24-18-10-15(22)8-9-16(18)23/h3-11,13,19,28H,12H2,1-2H3,(H2,24,25,26,27)/t19-/m0/s1. The fourth-order valence-corrected chi connectivity index (χ4v) is 2.99. The predicted octanol–water partition coefficient (Wildman–Crippen LogP) is 5.62. The fraction of sp³-hybridized carbons (Fsp3) is 0.238. The number of aromatic nitrogens is 2.